The van der Waals surface area contributed by atoms with Crippen molar-refractivity contribution in [3.05, 3.63) is 64.6 Å². The van der Waals surface area contributed by atoms with Crippen molar-refractivity contribution >= 4 is 39.6 Å². The molecule has 0 radical (unpaired) electrons. The summed E-state index contributed by atoms with van der Waals surface area (Å²) in [5.41, 5.74) is 1.00. The molecule has 0 heterocycles. The average molecular weight is 408 g/mol. The van der Waals surface area contributed by atoms with E-state index in [1.807, 2.05) is 61.5 Å². The third kappa shape index (κ3) is 6.37. The highest BCUT2D eigenvalue weighted by Gasteiger charge is 2.12. The van der Waals surface area contributed by atoms with Gasteiger partial charge in [-0.3, -0.25) is 9.59 Å². The number of halogens is 1. The van der Waals surface area contributed by atoms with Crippen LogP contribution in [0.1, 0.15) is 18.5 Å². The van der Waals surface area contributed by atoms with Crippen LogP contribution in [0, 0.1) is 0 Å². The van der Waals surface area contributed by atoms with Gasteiger partial charge in [0.2, 0.25) is 0 Å². The van der Waals surface area contributed by atoms with Crippen molar-refractivity contribution < 1.29 is 14.3 Å². The minimum absolute atomic E-state index is 0.130. The number of amides is 1. The number of carbonyl (C=O) groups excluding carboxylic acids is 2. The van der Waals surface area contributed by atoms with E-state index < -0.39 is 5.97 Å². The highest BCUT2D eigenvalue weighted by atomic mass is 79.9. The molecule has 0 aliphatic carbocycles. The quantitative estimate of drug-likeness (QED) is 0.557. The Morgan fingerprint density at radius 3 is 2.46 bits per heavy atom. The predicted octanol–water partition coefficient (Wildman–Crippen LogP) is 3.96. The van der Waals surface area contributed by atoms with Gasteiger partial charge in [0.05, 0.1) is 11.8 Å². The molecule has 2 aromatic rings. The van der Waals surface area contributed by atoms with Crippen LogP contribution in [0.5, 0.6) is 0 Å². The van der Waals surface area contributed by atoms with Gasteiger partial charge in [-0.15, -0.1) is 11.8 Å². The normalized spacial score (nSPS) is 11.6. The number of thioether (sulfide) groups is 1. The molecular weight excluding hydrogens is 390 g/mol. The maximum Gasteiger partial charge on any atom is 0.316 e. The zero-order chi connectivity index (χ0) is 17.4. The monoisotopic (exact) mass is 407 g/mol. The summed E-state index contributed by atoms with van der Waals surface area (Å²) in [4.78, 5) is 24.5. The van der Waals surface area contributed by atoms with Crippen molar-refractivity contribution in [1.29, 1.82) is 0 Å². The number of benzene rings is 2. The van der Waals surface area contributed by atoms with Gasteiger partial charge in [-0.1, -0.05) is 46.3 Å². The van der Waals surface area contributed by atoms with Crippen molar-refractivity contribution in [1.82, 2.24) is 5.32 Å². The first kappa shape index (κ1) is 18.5. The fourth-order valence-electron chi connectivity index (χ4n) is 1.97. The molecule has 0 aliphatic heterocycles. The number of esters is 1. The summed E-state index contributed by atoms with van der Waals surface area (Å²) in [5.74, 6) is -0.554. The number of hydrogen-bond donors (Lipinski definition) is 1. The van der Waals surface area contributed by atoms with E-state index in [2.05, 4.69) is 21.2 Å². The lowest BCUT2D eigenvalue weighted by Gasteiger charge is -2.14. The number of rotatable bonds is 7. The fraction of sp³-hybridized carbons (Fsp3) is 0.222. The lowest BCUT2D eigenvalue weighted by Crippen LogP contribution is -2.31. The molecule has 2 aromatic carbocycles. The molecule has 1 N–H and O–H groups in total. The van der Waals surface area contributed by atoms with Gasteiger partial charge in [0, 0.05) is 9.37 Å². The van der Waals surface area contributed by atoms with Crippen LogP contribution in [0.2, 0.25) is 0 Å². The molecule has 0 saturated heterocycles. The maximum atomic E-state index is 11.8. The Labute approximate surface area is 154 Å². The summed E-state index contributed by atoms with van der Waals surface area (Å²) in [6.07, 6.45) is 0. The minimum atomic E-state index is -0.412. The van der Waals surface area contributed by atoms with E-state index in [1.54, 1.807) is 0 Å². The van der Waals surface area contributed by atoms with Crippen LogP contribution in [-0.4, -0.2) is 24.2 Å². The highest BCUT2D eigenvalue weighted by molar-refractivity contribution is 9.10. The molecule has 0 unspecified atom stereocenters. The van der Waals surface area contributed by atoms with Crippen LogP contribution in [0.25, 0.3) is 0 Å². The summed E-state index contributed by atoms with van der Waals surface area (Å²) in [6, 6.07) is 17.1. The second kappa shape index (κ2) is 9.49. The van der Waals surface area contributed by atoms with Crippen LogP contribution in [0.4, 0.5) is 0 Å². The van der Waals surface area contributed by atoms with Crippen molar-refractivity contribution in [2.75, 3.05) is 12.4 Å². The van der Waals surface area contributed by atoms with Crippen molar-refractivity contribution in [2.45, 2.75) is 17.9 Å². The van der Waals surface area contributed by atoms with Gasteiger partial charge in [-0.25, -0.2) is 0 Å². The first-order chi connectivity index (χ1) is 11.5. The zero-order valence-corrected chi connectivity index (χ0v) is 15.6. The number of carbonyl (C=O) groups is 2. The lowest BCUT2D eigenvalue weighted by atomic mass is 10.1. The average Bonchev–Trinajstić information content (AvgIpc) is 2.60. The molecule has 24 heavy (non-hydrogen) atoms. The third-order valence-corrected chi connectivity index (χ3v) is 4.73. The first-order valence-electron chi connectivity index (χ1n) is 7.43. The Bertz CT molecular complexity index is 676. The van der Waals surface area contributed by atoms with Crippen LogP contribution in [-0.2, 0) is 14.3 Å². The van der Waals surface area contributed by atoms with Crippen molar-refractivity contribution in [3.63, 3.8) is 0 Å². The molecule has 0 aromatic heterocycles. The highest BCUT2D eigenvalue weighted by Crippen LogP contribution is 2.20. The molecule has 4 nitrogen and oxygen atoms in total. The van der Waals surface area contributed by atoms with Crippen molar-refractivity contribution in [3.8, 4) is 0 Å². The molecule has 0 saturated carbocycles. The predicted molar refractivity (Wildman–Crippen MR) is 98.8 cm³/mol. The van der Waals surface area contributed by atoms with Crippen LogP contribution in [0.3, 0.4) is 0 Å². The lowest BCUT2D eigenvalue weighted by molar-refractivity contribution is -0.146. The molecule has 1 atom stereocenters. The summed E-state index contributed by atoms with van der Waals surface area (Å²) in [5, 5.41) is 2.80. The van der Waals surface area contributed by atoms with Gasteiger partial charge in [0.25, 0.3) is 5.91 Å². The number of ether oxygens (including phenoxy) is 1. The van der Waals surface area contributed by atoms with E-state index in [4.69, 9.17) is 4.74 Å². The Morgan fingerprint density at radius 2 is 1.79 bits per heavy atom. The smallest absolute Gasteiger partial charge is 0.316 e. The van der Waals surface area contributed by atoms with Gasteiger partial charge in [0.15, 0.2) is 6.61 Å². The van der Waals surface area contributed by atoms with Gasteiger partial charge < -0.3 is 10.1 Å². The van der Waals surface area contributed by atoms with Crippen LogP contribution in [0.15, 0.2) is 64.0 Å². The molecule has 6 heteroatoms. The van der Waals surface area contributed by atoms with E-state index >= 15 is 0 Å². The molecular formula is C18H18BrNO3S. The minimum Gasteiger partial charge on any atom is -0.455 e. The Morgan fingerprint density at radius 1 is 1.12 bits per heavy atom. The standard InChI is InChI=1S/C18H18BrNO3S/c1-13(14-5-3-2-4-6-14)20-17(21)11-23-18(22)12-24-16-9-7-15(19)8-10-16/h2-10,13H,11-12H2,1H3,(H,20,21)/t13-/m1/s1. The van der Waals surface area contributed by atoms with Crippen molar-refractivity contribution in [2.24, 2.45) is 0 Å². The summed E-state index contributed by atoms with van der Waals surface area (Å²) in [6.45, 7) is 1.62. The van der Waals surface area contributed by atoms with Gasteiger partial charge in [0.1, 0.15) is 0 Å². The molecule has 2 rings (SSSR count). The molecule has 0 bridgehead atoms. The second-order valence-electron chi connectivity index (χ2n) is 5.10. The SMILES string of the molecule is C[C@@H](NC(=O)COC(=O)CSc1ccc(Br)cc1)c1ccccc1. The third-order valence-electron chi connectivity index (χ3n) is 3.21. The Kier molecular flexibility index (Phi) is 7.34. The van der Waals surface area contributed by atoms with E-state index in [0.29, 0.717) is 0 Å². The largest absolute Gasteiger partial charge is 0.455 e. The van der Waals surface area contributed by atoms with E-state index in [0.717, 1.165) is 14.9 Å². The zero-order valence-electron chi connectivity index (χ0n) is 13.2. The molecule has 0 fully saturated rings. The second-order valence-corrected chi connectivity index (χ2v) is 7.07. The molecule has 0 spiro atoms. The summed E-state index contributed by atoms with van der Waals surface area (Å²) in [7, 11) is 0. The van der Waals surface area contributed by atoms with E-state index in [9.17, 15) is 9.59 Å². The number of nitrogens with one attached hydrogen (secondary N) is 1. The summed E-state index contributed by atoms with van der Waals surface area (Å²) >= 11 is 4.73. The summed E-state index contributed by atoms with van der Waals surface area (Å²) < 4.78 is 5.99. The van der Waals surface area contributed by atoms with Crippen LogP contribution >= 0.6 is 27.7 Å². The number of hydrogen-bond acceptors (Lipinski definition) is 4. The Balaban J connectivity index is 1.69. The fourth-order valence-corrected chi connectivity index (χ4v) is 2.93. The van der Waals surface area contributed by atoms with Gasteiger partial charge in [-0.05, 0) is 36.8 Å². The van der Waals surface area contributed by atoms with E-state index in [1.165, 1.54) is 11.8 Å². The Hall–Kier alpha value is -1.79. The molecule has 1 amide bonds. The first-order valence-corrected chi connectivity index (χ1v) is 9.21. The van der Waals surface area contributed by atoms with Gasteiger partial charge in [-0.2, -0.15) is 0 Å². The maximum absolute atomic E-state index is 11.8. The van der Waals surface area contributed by atoms with Crippen LogP contribution < -0.4 is 5.32 Å². The van der Waals surface area contributed by atoms with Gasteiger partial charge >= 0.3 is 5.97 Å². The van der Waals surface area contributed by atoms with E-state index in [-0.39, 0.29) is 24.3 Å². The topological polar surface area (TPSA) is 55.4 Å². The molecule has 0 aliphatic rings. The molecule has 126 valence electrons.